The fourth-order valence-corrected chi connectivity index (χ4v) is 18.6. The summed E-state index contributed by atoms with van der Waals surface area (Å²) in [4.78, 5) is 0. The molecule has 0 bridgehead atoms. The lowest BCUT2D eigenvalue weighted by Crippen LogP contribution is -3.08. The van der Waals surface area contributed by atoms with E-state index in [0.29, 0.717) is 0 Å². The lowest BCUT2D eigenvalue weighted by Gasteiger charge is -3.11. The number of hydrogen-bond acceptors (Lipinski definition) is 0. The van der Waals surface area contributed by atoms with Crippen LogP contribution in [0.15, 0.2) is 0 Å². The summed E-state index contributed by atoms with van der Waals surface area (Å²) >= 11 is 0. The molecule has 24 heavy (non-hydrogen) atoms. The highest BCUT2D eigenvalue weighted by atomic mass is 15.2. The molecule has 0 saturated heterocycles. The molecule has 0 N–H and O–H groups in total. The molecule has 12 fully saturated rings. The first kappa shape index (κ1) is 10.4. The van der Waals surface area contributed by atoms with Crippen molar-refractivity contribution in [3.05, 3.63) is 0 Å². The van der Waals surface area contributed by atoms with Crippen LogP contribution in [0.25, 0.3) is 0 Å². The first-order chi connectivity index (χ1) is 11.6. The van der Waals surface area contributed by atoms with E-state index in [0.717, 1.165) is 32.5 Å². The molecule has 0 heterocycles. The van der Waals surface area contributed by atoms with Crippen molar-refractivity contribution in [3.63, 3.8) is 0 Å². The van der Waals surface area contributed by atoms with Gasteiger partial charge in [0, 0.05) is 0 Å². The zero-order valence-corrected chi connectivity index (χ0v) is 14.8. The molecule has 0 nitrogen and oxygen atoms in total. The predicted octanol–water partition coefficient (Wildman–Crippen LogP) is 4.06. The Labute approximate surface area is 143 Å². The first-order valence-corrected chi connectivity index (χ1v) is 11.6. The lowest BCUT2D eigenvalue weighted by atomic mass is 8.93. The van der Waals surface area contributed by atoms with E-state index >= 15 is 0 Å². The van der Waals surface area contributed by atoms with Gasteiger partial charge in [0.2, 0.25) is 0 Å². The molecule has 0 aliphatic heterocycles. The van der Waals surface area contributed by atoms with E-state index in [2.05, 4.69) is 13.8 Å². The SMILES string of the molecule is CC12C3C4CC5CC(C6C7C8CC9CC%10C%11C%12C3C61C%12(C)C%117C9%108)C542. The summed E-state index contributed by atoms with van der Waals surface area (Å²) in [6.45, 7) is 5.85. The molecule has 0 heteroatoms. The molecule has 0 aromatic carbocycles. The highest BCUT2D eigenvalue weighted by molar-refractivity contribution is 5.66. The number of rotatable bonds is 0. The van der Waals surface area contributed by atoms with Crippen LogP contribution in [0.3, 0.4) is 0 Å². The molecule has 122 valence electrons. The fourth-order valence-electron chi connectivity index (χ4n) is 18.6. The Morgan fingerprint density at radius 1 is 0.500 bits per heavy atom. The summed E-state index contributed by atoms with van der Waals surface area (Å²) in [7, 11) is 0. The van der Waals surface area contributed by atoms with Gasteiger partial charge in [-0.1, -0.05) is 13.8 Å². The number of fused-ring (bicyclic) bond motifs is 8. The Bertz CT molecular complexity index is 950. The van der Waals surface area contributed by atoms with Crippen molar-refractivity contribution in [2.24, 2.45) is 104 Å². The number of hydrogen-bond donors (Lipinski definition) is 0. The minimum absolute atomic E-state index is 0.883. The van der Waals surface area contributed by atoms with E-state index in [1.807, 2.05) is 0 Å². The van der Waals surface area contributed by atoms with Gasteiger partial charge < -0.3 is 0 Å². The van der Waals surface area contributed by atoms with Gasteiger partial charge in [0.05, 0.1) is 0 Å². The van der Waals surface area contributed by atoms with E-state index in [4.69, 9.17) is 0 Å². The topological polar surface area (TPSA) is 0 Å². The van der Waals surface area contributed by atoms with Crippen molar-refractivity contribution in [3.8, 4) is 0 Å². The van der Waals surface area contributed by atoms with Crippen molar-refractivity contribution in [1.82, 2.24) is 0 Å². The molecule has 0 aromatic heterocycles. The Morgan fingerprint density at radius 2 is 1.04 bits per heavy atom. The van der Waals surface area contributed by atoms with Crippen LogP contribution in [-0.2, 0) is 0 Å². The smallest absolute Gasteiger partial charge is 0.0102 e. The maximum atomic E-state index is 2.94. The molecule has 18 atom stereocenters. The largest absolute Gasteiger partial charge is 0.0582 e. The predicted molar refractivity (Wildman–Crippen MR) is 86.3 cm³/mol. The maximum Gasteiger partial charge on any atom is -0.0102 e. The van der Waals surface area contributed by atoms with E-state index in [9.17, 15) is 0 Å². The van der Waals surface area contributed by atoms with Gasteiger partial charge in [-0.15, -0.1) is 0 Å². The van der Waals surface area contributed by atoms with E-state index in [-0.39, 0.29) is 0 Å². The Kier molecular flexibility index (Phi) is 0.832. The van der Waals surface area contributed by atoms with Crippen molar-refractivity contribution < 1.29 is 0 Å². The van der Waals surface area contributed by atoms with Crippen LogP contribution in [0.4, 0.5) is 0 Å². The van der Waals surface area contributed by atoms with E-state index in [1.54, 1.807) is 25.7 Å². The van der Waals surface area contributed by atoms with Gasteiger partial charge in [-0.05, 0) is 129 Å². The zero-order valence-electron chi connectivity index (χ0n) is 14.8. The van der Waals surface area contributed by atoms with Gasteiger partial charge in [0.25, 0.3) is 0 Å². The van der Waals surface area contributed by atoms with Crippen LogP contribution in [0.1, 0.15) is 39.5 Å². The average molecular weight is 314 g/mol. The van der Waals surface area contributed by atoms with Gasteiger partial charge in [-0.25, -0.2) is 0 Å². The third kappa shape index (κ3) is 0.356. The highest BCUT2D eigenvalue weighted by Crippen LogP contribution is 3.23. The standard InChI is InChI=1S/C24H26/c1-19-13-9-3-7-4-10(21(7,9)19)14-15-11-5-8-6-12-16-17-18(13)23(14,19)20(17,2)24(15,16)22(8,11)12/h7-18H,3-6H2,1-2H3. The molecule has 12 aliphatic rings. The third-order valence-corrected chi connectivity index (χ3v) is 16.9. The normalized spacial score (nSPS) is 106. The molecule has 12 aliphatic carbocycles. The Hall–Kier alpha value is 0. The minimum atomic E-state index is 0.883. The molecule has 0 amide bonds. The summed E-state index contributed by atoms with van der Waals surface area (Å²) in [5.74, 6) is 15.2. The van der Waals surface area contributed by atoms with Gasteiger partial charge in [-0.2, -0.15) is 0 Å². The Morgan fingerprint density at radius 3 is 1.71 bits per heavy atom. The quantitative estimate of drug-likeness (QED) is 0.632. The minimum Gasteiger partial charge on any atom is -0.0582 e. The lowest BCUT2D eigenvalue weighted by molar-refractivity contribution is -0.648. The fraction of sp³-hybridized carbons (Fsp3) is 1.00. The second-order valence-corrected chi connectivity index (χ2v) is 13.9. The van der Waals surface area contributed by atoms with Crippen LogP contribution < -0.4 is 0 Å². The molecule has 0 aromatic rings. The van der Waals surface area contributed by atoms with Crippen molar-refractivity contribution in [2.75, 3.05) is 0 Å². The van der Waals surface area contributed by atoms with Crippen LogP contribution in [-0.4, -0.2) is 0 Å². The van der Waals surface area contributed by atoms with Crippen molar-refractivity contribution >= 4 is 0 Å². The van der Waals surface area contributed by atoms with Crippen LogP contribution in [0, 0.1) is 104 Å². The second kappa shape index (κ2) is 1.93. The monoisotopic (exact) mass is 314 g/mol. The molecular weight excluding hydrogens is 288 g/mol. The summed E-state index contributed by atoms with van der Waals surface area (Å²) in [5, 5.41) is 0. The average Bonchev–Trinajstić information content (AvgIpc) is 2.70. The molecule has 4 spiro atoms. The van der Waals surface area contributed by atoms with E-state index < -0.39 is 0 Å². The zero-order chi connectivity index (χ0) is 14.8. The summed E-state index contributed by atoms with van der Waals surface area (Å²) in [5.41, 5.74) is 5.67. The van der Waals surface area contributed by atoms with Crippen LogP contribution >= 0.6 is 0 Å². The molecule has 18 unspecified atom stereocenters. The molecular formula is C24H26. The maximum absolute atomic E-state index is 2.94. The van der Waals surface area contributed by atoms with Gasteiger partial charge in [-0.3, -0.25) is 0 Å². The summed E-state index contributed by atoms with van der Waals surface area (Å²) < 4.78 is 0. The van der Waals surface area contributed by atoms with Gasteiger partial charge in [0.1, 0.15) is 0 Å². The molecule has 0 radical (unpaired) electrons. The third-order valence-electron chi connectivity index (χ3n) is 16.9. The Balaban J connectivity index is 1.27. The van der Waals surface area contributed by atoms with Crippen LogP contribution in [0.2, 0.25) is 0 Å². The summed E-state index contributed by atoms with van der Waals surface area (Å²) in [6.07, 6.45) is 6.81. The van der Waals surface area contributed by atoms with Gasteiger partial charge >= 0.3 is 0 Å². The van der Waals surface area contributed by atoms with E-state index in [1.165, 1.54) is 71.0 Å². The van der Waals surface area contributed by atoms with Crippen LogP contribution in [0.5, 0.6) is 0 Å². The van der Waals surface area contributed by atoms with Crippen molar-refractivity contribution in [1.29, 1.82) is 0 Å². The molecule has 12 saturated carbocycles. The van der Waals surface area contributed by atoms with Gasteiger partial charge in [0.15, 0.2) is 0 Å². The second-order valence-electron chi connectivity index (χ2n) is 13.9. The first-order valence-electron chi connectivity index (χ1n) is 11.6. The van der Waals surface area contributed by atoms with Crippen molar-refractivity contribution in [2.45, 2.75) is 39.5 Å². The summed E-state index contributed by atoms with van der Waals surface area (Å²) in [6, 6.07) is 0. The molecule has 12 rings (SSSR count). The highest BCUT2D eigenvalue weighted by Gasteiger charge is 3.20.